The summed E-state index contributed by atoms with van der Waals surface area (Å²) in [6.45, 7) is 1.49. The van der Waals surface area contributed by atoms with Crippen molar-refractivity contribution in [2.24, 2.45) is 0 Å². The molecule has 75 valence electrons. The molecule has 0 bridgehead atoms. The van der Waals surface area contributed by atoms with Crippen LogP contribution in [0.1, 0.15) is 5.56 Å². The molecule has 3 heteroatoms. The first kappa shape index (κ1) is 10.9. The van der Waals surface area contributed by atoms with Crippen molar-refractivity contribution in [2.45, 2.75) is 6.54 Å². The minimum atomic E-state index is 0.0640. The van der Waals surface area contributed by atoms with Crippen LogP contribution in [0.3, 0.4) is 0 Å². The summed E-state index contributed by atoms with van der Waals surface area (Å²) < 4.78 is 0. The van der Waals surface area contributed by atoms with Gasteiger partial charge >= 0.3 is 0 Å². The smallest absolute Gasteiger partial charge is 0.213 e. The van der Waals surface area contributed by atoms with Gasteiger partial charge in [0.1, 0.15) is 0 Å². The summed E-state index contributed by atoms with van der Waals surface area (Å²) in [5, 5.41) is 8.77. The standard InChI is InChI=1S/C11H14NO2/c13-8-6-12(7-9-14)10-11-4-2-1-3-5-11/h1-5,13H,6-8,10H2. The number of nitrogens with zero attached hydrogens (tertiary/aromatic N) is 1. The lowest BCUT2D eigenvalue weighted by molar-refractivity contribution is 0.206. The zero-order valence-corrected chi connectivity index (χ0v) is 8.02. The molecule has 0 heterocycles. The Balaban J connectivity index is 2.50. The molecule has 0 saturated carbocycles. The highest BCUT2D eigenvalue weighted by Crippen LogP contribution is 2.02. The van der Waals surface area contributed by atoms with Gasteiger partial charge in [-0.1, -0.05) is 30.3 Å². The summed E-state index contributed by atoms with van der Waals surface area (Å²) in [7, 11) is 0. The van der Waals surface area contributed by atoms with E-state index in [0.29, 0.717) is 13.1 Å². The van der Waals surface area contributed by atoms with Gasteiger partial charge in [-0.25, -0.2) is 0 Å². The summed E-state index contributed by atoms with van der Waals surface area (Å²) in [5.41, 5.74) is 1.14. The first-order chi connectivity index (χ1) is 6.86. The fourth-order valence-corrected chi connectivity index (χ4v) is 1.29. The van der Waals surface area contributed by atoms with Crippen molar-refractivity contribution in [2.75, 3.05) is 19.7 Å². The molecule has 14 heavy (non-hydrogen) atoms. The maximum absolute atomic E-state index is 10.2. The highest BCUT2D eigenvalue weighted by molar-refractivity contribution is 5.53. The number of carbonyl (C=O) groups excluding carboxylic acids is 1. The van der Waals surface area contributed by atoms with Gasteiger partial charge in [-0.2, -0.15) is 0 Å². The Morgan fingerprint density at radius 3 is 2.57 bits per heavy atom. The zero-order valence-electron chi connectivity index (χ0n) is 8.02. The summed E-state index contributed by atoms with van der Waals surface area (Å²) >= 11 is 0. The van der Waals surface area contributed by atoms with Crippen molar-refractivity contribution in [3.05, 3.63) is 35.9 Å². The van der Waals surface area contributed by atoms with Crippen molar-refractivity contribution in [1.29, 1.82) is 0 Å². The molecule has 0 aliphatic heterocycles. The molecule has 1 aromatic carbocycles. The van der Waals surface area contributed by atoms with E-state index in [1.807, 2.05) is 41.5 Å². The van der Waals surface area contributed by atoms with Crippen LogP contribution >= 0.6 is 0 Å². The second kappa shape index (κ2) is 6.29. The molecule has 0 aromatic heterocycles. The van der Waals surface area contributed by atoms with Crippen molar-refractivity contribution in [3.8, 4) is 0 Å². The van der Waals surface area contributed by atoms with E-state index < -0.39 is 0 Å². The molecule has 0 amide bonds. The van der Waals surface area contributed by atoms with Crippen molar-refractivity contribution in [1.82, 2.24) is 4.90 Å². The molecule has 3 nitrogen and oxygen atoms in total. The molecule has 0 fully saturated rings. The predicted octanol–water partition coefficient (Wildman–Crippen LogP) is 0.591. The molecule has 0 saturated heterocycles. The van der Waals surface area contributed by atoms with Crippen molar-refractivity contribution in [3.63, 3.8) is 0 Å². The zero-order chi connectivity index (χ0) is 10.2. The van der Waals surface area contributed by atoms with Crippen LogP contribution in [0.25, 0.3) is 0 Å². The summed E-state index contributed by atoms with van der Waals surface area (Å²) in [5.74, 6) is 0. The van der Waals surface area contributed by atoms with Crippen LogP contribution in [-0.2, 0) is 11.3 Å². The number of hydrogen-bond donors (Lipinski definition) is 1. The number of benzene rings is 1. The van der Waals surface area contributed by atoms with Gasteiger partial charge < -0.3 is 5.11 Å². The maximum atomic E-state index is 10.2. The van der Waals surface area contributed by atoms with Crippen LogP contribution in [-0.4, -0.2) is 36.0 Å². The molecule has 0 unspecified atom stereocenters. The Bertz CT molecular complexity index is 261. The quantitative estimate of drug-likeness (QED) is 0.717. The maximum Gasteiger partial charge on any atom is 0.213 e. The molecule has 0 aliphatic carbocycles. The van der Waals surface area contributed by atoms with Crippen LogP contribution in [0, 0.1) is 0 Å². The Morgan fingerprint density at radius 2 is 2.00 bits per heavy atom. The van der Waals surface area contributed by atoms with E-state index in [1.165, 1.54) is 0 Å². The van der Waals surface area contributed by atoms with Crippen LogP contribution < -0.4 is 0 Å². The second-order valence-corrected chi connectivity index (χ2v) is 3.06. The van der Waals surface area contributed by atoms with Crippen LogP contribution in [0.5, 0.6) is 0 Å². The van der Waals surface area contributed by atoms with E-state index in [0.717, 1.165) is 5.56 Å². The number of rotatable bonds is 6. The minimum absolute atomic E-state index is 0.0640. The van der Waals surface area contributed by atoms with Gasteiger partial charge in [-0.05, 0) is 5.56 Å². The van der Waals surface area contributed by atoms with Gasteiger partial charge in [0.05, 0.1) is 13.2 Å². The monoisotopic (exact) mass is 192 g/mol. The number of hydrogen-bond acceptors (Lipinski definition) is 3. The third kappa shape index (κ3) is 3.68. The van der Waals surface area contributed by atoms with Crippen molar-refractivity contribution < 1.29 is 9.90 Å². The lowest BCUT2D eigenvalue weighted by Crippen LogP contribution is -2.28. The Hall–Kier alpha value is -1.19. The van der Waals surface area contributed by atoms with Gasteiger partial charge in [0.15, 0.2) is 0 Å². The topological polar surface area (TPSA) is 40.5 Å². The van der Waals surface area contributed by atoms with E-state index in [2.05, 4.69) is 0 Å². The molecule has 1 aromatic rings. The predicted molar refractivity (Wildman–Crippen MR) is 54.5 cm³/mol. The molecular weight excluding hydrogens is 178 g/mol. The SMILES string of the molecule is O=[C]CN(CCO)Cc1ccccc1. The minimum Gasteiger partial charge on any atom is -0.395 e. The van der Waals surface area contributed by atoms with Gasteiger partial charge in [0, 0.05) is 13.1 Å². The number of aliphatic hydroxyl groups is 1. The van der Waals surface area contributed by atoms with Gasteiger partial charge in [0.25, 0.3) is 0 Å². The Kier molecular flexibility index (Phi) is 4.89. The van der Waals surface area contributed by atoms with E-state index >= 15 is 0 Å². The first-order valence-corrected chi connectivity index (χ1v) is 4.59. The summed E-state index contributed by atoms with van der Waals surface area (Å²) in [4.78, 5) is 12.1. The van der Waals surface area contributed by atoms with E-state index in [4.69, 9.17) is 5.11 Å². The Labute approximate surface area is 84.0 Å². The van der Waals surface area contributed by atoms with Crippen LogP contribution in [0.15, 0.2) is 30.3 Å². The summed E-state index contributed by atoms with van der Waals surface area (Å²) in [6, 6.07) is 9.85. The average molecular weight is 192 g/mol. The Morgan fingerprint density at radius 1 is 1.29 bits per heavy atom. The normalized spacial score (nSPS) is 10.4. The van der Waals surface area contributed by atoms with E-state index in [9.17, 15) is 4.79 Å². The van der Waals surface area contributed by atoms with E-state index in [-0.39, 0.29) is 13.2 Å². The largest absolute Gasteiger partial charge is 0.395 e. The molecule has 0 atom stereocenters. The van der Waals surface area contributed by atoms with Gasteiger partial charge in [-0.3, -0.25) is 9.69 Å². The van der Waals surface area contributed by atoms with E-state index in [1.54, 1.807) is 0 Å². The fourth-order valence-electron chi connectivity index (χ4n) is 1.29. The highest BCUT2D eigenvalue weighted by Gasteiger charge is 2.03. The van der Waals surface area contributed by atoms with Gasteiger partial charge in [0.2, 0.25) is 6.29 Å². The molecule has 1 rings (SSSR count). The molecule has 1 radical (unpaired) electrons. The number of aliphatic hydroxyl groups excluding tert-OH is 1. The third-order valence-electron chi connectivity index (χ3n) is 1.95. The second-order valence-electron chi connectivity index (χ2n) is 3.06. The third-order valence-corrected chi connectivity index (χ3v) is 1.95. The first-order valence-electron chi connectivity index (χ1n) is 4.59. The van der Waals surface area contributed by atoms with Crippen LogP contribution in [0.2, 0.25) is 0 Å². The highest BCUT2D eigenvalue weighted by atomic mass is 16.3. The molecule has 1 N–H and O–H groups in total. The molecule has 0 aliphatic rings. The van der Waals surface area contributed by atoms with Crippen LogP contribution in [0.4, 0.5) is 0 Å². The lowest BCUT2D eigenvalue weighted by atomic mass is 10.2. The lowest BCUT2D eigenvalue weighted by Gasteiger charge is -2.17. The fraction of sp³-hybridized carbons (Fsp3) is 0.364. The summed E-state index contributed by atoms with van der Waals surface area (Å²) in [6.07, 6.45) is 1.84. The van der Waals surface area contributed by atoms with Gasteiger partial charge in [-0.15, -0.1) is 0 Å². The van der Waals surface area contributed by atoms with Crippen molar-refractivity contribution >= 4 is 6.29 Å². The average Bonchev–Trinajstić information content (AvgIpc) is 2.20. The molecular formula is C11H14NO2. The molecule has 0 spiro atoms.